The molecule has 0 amide bonds. The molecule has 2 heteroatoms. The molecule has 1 aliphatic rings. The molecule has 1 aliphatic carbocycles. The van der Waals surface area contributed by atoms with E-state index in [1.807, 2.05) is 6.92 Å². The van der Waals surface area contributed by atoms with E-state index in [-0.39, 0.29) is 6.61 Å². The normalized spacial score (nSPS) is 16.3. The fraction of sp³-hybridized carbons (Fsp3) is 0.417. The third-order valence-electron chi connectivity index (χ3n) is 2.74. The highest BCUT2D eigenvalue weighted by molar-refractivity contribution is 9.10. The second kappa shape index (κ2) is 4.03. The van der Waals surface area contributed by atoms with Crippen LogP contribution in [-0.2, 0) is 0 Å². The summed E-state index contributed by atoms with van der Waals surface area (Å²) in [6.07, 6.45) is 2.61. The standard InChI is InChI=1S/C12H14BrO/c1-8(7-14)10-4-5-12(13)11(6-10)9-2-3-9/h4-6,9,14H,2-3,7H2,1H3. The molecule has 1 fully saturated rings. The van der Waals surface area contributed by atoms with Gasteiger partial charge in [-0.15, -0.1) is 0 Å². The van der Waals surface area contributed by atoms with E-state index in [2.05, 4.69) is 34.1 Å². The fourth-order valence-corrected chi connectivity index (χ4v) is 2.18. The highest BCUT2D eigenvalue weighted by atomic mass is 79.9. The molecule has 0 bridgehead atoms. The van der Waals surface area contributed by atoms with E-state index in [4.69, 9.17) is 5.11 Å². The number of aliphatic hydroxyl groups excluding tert-OH is 1. The molecule has 0 atom stereocenters. The van der Waals surface area contributed by atoms with Gasteiger partial charge in [0, 0.05) is 10.4 Å². The Hall–Kier alpha value is -0.340. The summed E-state index contributed by atoms with van der Waals surface area (Å²) < 4.78 is 1.20. The van der Waals surface area contributed by atoms with Crippen LogP contribution in [0.5, 0.6) is 0 Å². The third kappa shape index (κ3) is 2.01. The zero-order chi connectivity index (χ0) is 10.1. The molecule has 1 nitrogen and oxygen atoms in total. The van der Waals surface area contributed by atoms with Crippen molar-refractivity contribution in [2.75, 3.05) is 6.61 Å². The maximum atomic E-state index is 9.05. The lowest BCUT2D eigenvalue weighted by molar-refractivity contribution is 0.315. The molecule has 1 saturated carbocycles. The Kier molecular flexibility index (Phi) is 2.93. The van der Waals surface area contributed by atoms with Gasteiger partial charge in [-0.25, -0.2) is 0 Å². The first-order valence-corrected chi connectivity index (χ1v) is 5.74. The van der Waals surface area contributed by atoms with Crippen molar-refractivity contribution in [2.45, 2.75) is 25.7 Å². The van der Waals surface area contributed by atoms with Crippen LogP contribution in [0.4, 0.5) is 0 Å². The molecular formula is C12H14BrO. The Bertz CT molecular complexity index is 331. The second-order valence-electron chi connectivity index (χ2n) is 3.95. The fourth-order valence-electron chi connectivity index (χ4n) is 1.61. The van der Waals surface area contributed by atoms with Gasteiger partial charge in [-0.1, -0.05) is 35.0 Å². The maximum Gasteiger partial charge on any atom is 0.0534 e. The van der Waals surface area contributed by atoms with E-state index in [0.29, 0.717) is 0 Å². The Labute approximate surface area is 93.3 Å². The first-order chi connectivity index (χ1) is 6.72. The average Bonchev–Trinajstić information content (AvgIpc) is 3.01. The molecular weight excluding hydrogens is 240 g/mol. The molecule has 1 N–H and O–H groups in total. The molecule has 0 spiro atoms. The highest BCUT2D eigenvalue weighted by Crippen LogP contribution is 2.43. The second-order valence-corrected chi connectivity index (χ2v) is 4.80. The number of halogens is 1. The molecule has 0 aliphatic heterocycles. The Morgan fingerprint density at radius 2 is 2.21 bits per heavy atom. The van der Waals surface area contributed by atoms with Gasteiger partial charge in [-0.3, -0.25) is 0 Å². The average molecular weight is 254 g/mol. The van der Waals surface area contributed by atoms with Crippen molar-refractivity contribution in [1.29, 1.82) is 0 Å². The quantitative estimate of drug-likeness (QED) is 0.877. The van der Waals surface area contributed by atoms with E-state index in [9.17, 15) is 0 Å². The van der Waals surface area contributed by atoms with Crippen molar-refractivity contribution in [3.8, 4) is 0 Å². The van der Waals surface area contributed by atoms with Crippen LogP contribution in [0.1, 0.15) is 36.8 Å². The van der Waals surface area contributed by atoms with Crippen LogP contribution in [0.15, 0.2) is 22.7 Å². The summed E-state index contributed by atoms with van der Waals surface area (Å²) >= 11 is 3.57. The first kappa shape index (κ1) is 10.2. The van der Waals surface area contributed by atoms with Crippen LogP contribution in [0.25, 0.3) is 0 Å². The smallest absolute Gasteiger partial charge is 0.0534 e. The minimum atomic E-state index is 0.145. The Morgan fingerprint density at radius 3 is 2.79 bits per heavy atom. The van der Waals surface area contributed by atoms with Gasteiger partial charge in [-0.05, 0) is 36.0 Å². The van der Waals surface area contributed by atoms with Crippen LogP contribution in [0.3, 0.4) is 0 Å². The molecule has 1 aromatic rings. The van der Waals surface area contributed by atoms with Crippen LogP contribution in [0, 0.1) is 5.92 Å². The molecule has 0 saturated heterocycles. The highest BCUT2D eigenvalue weighted by Gasteiger charge is 2.26. The summed E-state index contributed by atoms with van der Waals surface area (Å²) in [5.41, 5.74) is 2.56. The van der Waals surface area contributed by atoms with Crippen molar-refractivity contribution >= 4 is 15.9 Å². The van der Waals surface area contributed by atoms with Gasteiger partial charge < -0.3 is 5.11 Å². The van der Waals surface area contributed by atoms with Gasteiger partial charge >= 0.3 is 0 Å². The van der Waals surface area contributed by atoms with Gasteiger partial charge in [-0.2, -0.15) is 0 Å². The zero-order valence-electron chi connectivity index (χ0n) is 8.26. The van der Waals surface area contributed by atoms with Gasteiger partial charge in [0.25, 0.3) is 0 Å². The van der Waals surface area contributed by atoms with Crippen molar-refractivity contribution in [3.63, 3.8) is 0 Å². The minimum Gasteiger partial charge on any atom is -0.395 e. The van der Waals surface area contributed by atoms with Gasteiger partial charge in [0.1, 0.15) is 0 Å². The van der Waals surface area contributed by atoms with Crippen LogP contribution >= 0.6 is 15.9 Å². The van der Waals surface area contributed by atoms with E-state index in [1.54, 1.807) is 0 Å². The van der Waals surface area contributed by atoms with Crippen molar-refractivity contribution in [1.82, 2.24) is 0 Å². The lowest BCUT2D eigenvalue weighted by Gasteiger charge is -2.10. The van der Waals surface area contributed by atoms with Gasteiger partial charge in [0.05, 0.1) is 6.61 Å². The summed E-state index contributed by atoms with van der Waals surface area (Å²) in [7, 11) is 0. The number of aliphatic hydroxyl groups is 1. The summed E-state index contributed by atoms with van der Waals surface area (Å²) in [4.78, 5) is 0. The first-order valence-electron chi connectivity index (χ1n) is 4.95. The monoisotopic (exact) mass is 253 g/mol. The third-order valence-corrected chi connectivity index (χ3v) is 3.47. The van der Waals surface area contributed by atoms with Crippen molar-refractivity contribution in [2.24, 2.45) is 0 Å². The number of benzene rings is 1. The summed E-state index contributed by atoms with van der Waals surface area (Å²) in [5.74, 6) is 1.79. The molecule has 75 valence electrons. The topological polar surface area (TPSA) is 20.2 Å². The minimum absolute atomic E-state index is 0.145. The predicted octanol–water partition coefficient (Wildman–Crippen LogP) is 3.26. The van der Waals surface area contributed by atoms with Crippen molar-refractivity contribution in [3.05, 3.63) is 39.7 Å². The van der Waals surface area contributed by atoms with E-state index in [0.717, 1.165) is 17.4 Å². The molecule has 0 heterocycles. The molecule has 0 unspecified atom stereocenters. The van der Waals surface area contributed by atoms with Gasteiger partial charge in [0.2, 0.25) is 0 Å². The summed E-state index contributed by atoms with van der Waals surface area (Å²) in [5, 5.41) is 9.05. The Morgan fingerprint density at radius 1 is 1.50 bits per heavy atom. The lowest BCUT2D eigenvalue weighted by Crippen LogP contribution is -2.00. The maximum absolute atomic E-state index is 9.05. The van der Waals surface area contributed by atoms with Crippen LogP contribution in [0.2, 0.25) is 0 Å². The van der Waals surface area contributed by atoms with E-state index >= 15 is 0 Å². The number of rotatable bonds is 3. The van der Waals surface area contributed by atoms with E-state index < -0.39 is 0 Å². The predicted molar refractivity (Wildman–Crippen MR) is 61.2 cm³/mol. The zero-order valence-corrected chi connectivity index (χ0v) is 9.84. The van der Waals surface area contributed by atoms with Crippen molar-refractivity contribution < 1.29 is 5.11 Å². The lowest BCUT2D eigenvalue weighted by atomic mass is 9.98. The molecule has 14 heavy (non-hydrogen) atoms. The summed E-state index contributed by atoms with van der Waals surface area (Å²) in [6.45, 7) is 2.12. The molecule has 2 rings (SSSR count). The number of hydrogen-bond donors (Lipinski definition) is 1. The van der Waals surface area contributed by atoms with Crippen LogP contribution in [-0.4, -0.2) is 11.7 Å². The molecule has 0 aromatic heterocycles. The molecule has 1 aromatic carbocycles. The molecule has 1 radical (unpaired) electrons. The Balaban J connectivity index is 2.30. The largest absolute Gasteiger partial charge is 0.395 e. The van der Waals surface area contributed by atoms with Crippen LogP contribution < -0.4 is 0 Å². The summed E-state index contributed by atoms with van der Waals surface area (Å²) in [6, 6.07) is 6.34. The SMILES string of the molecule is C[C](CO)c1ccc(Br)c(C2CC2)c1. The van der Waals surface area contributed by atoms with Gasteiger partial charge in [0.15, 0.2) is 0 Å². The van der Waals surface area contributed by atoms with E-state index in [1.165, 1.54) is 22.9 Å². The number of hydrogen-bond acceptors (Lipinski definition) is 1.